The largest absolute Gasteiger partial charge is 0.308 e. The van der Waals surface area contributed by atoms with Gasteiger partial charge in [0.05, 0.1) is 11.7 Å². The van der Waals surface area contributed by atoms with E-state index in [1.54, 1.807) is 0 Å². The molecule has 1 N–H and O–H groups in total. The number of hydrogen-bond acceptors (Lipinski definition) is 3. The standard InChI is InChI=1S/C14H17BrN4/c1-16-12(13-14(15)17-18-19(13)2)11-7-6-9-4-3-5-10(9)8-11/h6-8,12,16H,3-5H2,1-2H3. The Morgan fingerprint density at radius 2 is 2.11 bits per heavy atom. The highest BCUT2D eigenvalue weighted by Gasteiger charge is 2.22. The molecule has 3 rings (SSSR count). The second-order valence-corrected chi connectivity index (χ2v) is 5.74. The van der Waals surface area contributed by atoms with Crippen LogP contribution in [0.2, 0.25) is 0 Å². The van der Waals surface area contributed by atoms with E-state index in [9.17, 15) is 0 Å². The lowest BCUT2D eigenvalue weighted by atomic mass is 9.99. The summed E-state index contributed by atoms with van der Waals surface area (Å²) >= 11 is 3.48. The summed E-state index contributed by atoms with van der Waals surface area (Å²) in [5, 5.41) is 11.5. The number of halogens is 1. The van der Waals surface area contributed by atoms with Crippen molar-refractivity contribution in [2.75, 3.05) is 7.05 Å². The van der Waals surface area contributed by atoms with Crippen LogP contribution in [0.15, 0.2) is 22.8 Å². The molecule has 0 spiro atoms. The number of nitrogens with zero attached hydrogens (tertiary/aromatic N) is 3. The molecule has 100 valence electrons. The zero-order chi connectivity index (χ0) is 13.4. The molecule has 0 bridgehead atoms. The van der Waals surface area contributed by atoms with E-state index in [-0.39, 0.29) is 6.04 Å². The van der Waals surface area contributed by atoms with Crippen LogP contribution in [0.1, 0.15) is 34.8 Å². The van der Waals surface area contributed by atoms with Gasteiger partial charge in [0.2, 0.25) is 0 Å². The average molecular weight is 321 g/mol. The first kappa shape index (κ1) is 12.8. The van der Waals surface area contributed by atoms with E-state index in [4.69, 9.17) is 0 Å². The summed E-state index contributed by atoms with van der Waals surface area (Å²) < 4.78 is 2.62. The van der Waals surface area contributed by atoms with Crippen LogP contribution in [0.3, 0.4) is 0 Å². The van der Waals surface area contributed by atoms with Gasteiger partial charge in [-0.05, 0) is 58.9 Å². The van der Waals surface area contributed by atoms with Gasteiger partial charge in [-0.1, -0.05) is 23.4 Å². The molecular weight excluding hydrogens is 304 g/mol. The van der Waals surface area contributed by atoms with E-state index in [1.165, 1.54) is 36.0 Å². The monoisotopic (exact) mass is 320 g/mol. The Morgan fingerprint density at radius 1 is 1.32 bits per heavy atom. The molecule has 5 heteroatoms. The van der Waals surface area contributed by atoms with Crippen molar-refractivity contribution in [3.63, 3.8) is 0 Å². The Balaban J connectivity index is 2.03. The second kappa shape index (κ2) is 5.06. The molecule has 0 saturated heterocycles. The topological polar surface area (TPSA) is 42.7 Å². The number of aromatic nitrogens is 3. The third-order valence-corrected chi connectivity index (χ3v) is 4.41. The minimum Gasteiger partial charge on any atom is -0.308 e. The van der Waals surface area contributed by atoms with Gasteiger partial charge >= 0.3 is 0 Å². The molecule has 0 saturated carbocycles. The van der Waals surface area contributed by atoms with Gasteiger partial charge in [-0.25, -0.2) is 4.68 Å². The van der Waals surface area contributed by atoms with Gasteiger partial charge in [0, 0.05) is 7.05 Å². The average Bonchev–Trinajstić information content (AvgIpc) is 3.00. The van der Waals surface area contributed by atoms with E-state index in [0.29, 0.717) is 0 Å². The van der Waals surface area contributed by atoms with Gasteiger partial charge in [-0.15, -0.1) is 5.10 Å². The summed E-state index contributed by atoms with van der Waals surface area (Å²) in [6.45, 7) is 0. The highest BCUT2D eigenvalue weighted by molar-refractivity contribution is 9.10. The normalized spacial score (nSPS) is 15.5. The van der Waals surface area contributed by atoms with Crippen LogP contribution in [-0.4, -0.2) is 22.0 Å². The number of rotatable bonds is 3. The summed E-state index contributed by atoms with van der Waals surface area (Å²) in [6, 6.07) is 6.91. The Labute approximate surface area is 121 Å². The molecule has 0 radical (unpaired) electrons. The molecule has 1 aliphatic rings. The van der Waals surface area contributed by atoms with Gasteiger partial charge in [0.25, 0.3) is 0 Å². The van der Waals surface area contributed by atoms with Crippen LogP contribution >= 0.6 is 15.9 Å². The molecular formula is C14H17BrN4. The fourth-order valence-corrected chi connectivity index (χ4v) is 3.43. The lowest BCUT2D eigenvalue weighted by Crippen LogP contribution is -2.21. The Kier molecular flexibility index (Phi) is 3.41. The van der Waals surface area contributed by atoms with Gasteiger partial charge in [-0.3, -0.25) is 0 Å². The molecule has 1 atom stereocenters. The predicted octanol–water partition coefficient (Wildman–Crippen LogP) is 2.38. The number of benzene rings is 1. The van der Waals surface area contributed by atoms with Crippen molar-refractivity contribution in [3.05, 3.63) is 45.2 Å². The van der Waals surface area contributed by atoms with Gasteiger partial charge in [-0.2, -0.15) is 0 Å². The Morgan fingerprint density at radius 3 is 2.79 bits per heavy atom. The first-order valence-electron chi connectivity index (χ1n) is 6.54. The molecule has 0 fully saturated rings. The molecule has 0 amide bonds. The number of fused-ring (bicyclic) bond motifs is 1. The number of nitrogens with one attached hydrogen (secondary N) is 1. The van der Waals surface area contributed by atoms with Gasteiger partial charge in [0.1, 0.15) is 0 Å². The Hall–Kier alpha value is -1.20. The maximum Gasteiger partial charge on any atom is 0.153 e. The third kappa shape index (κ3) is 2.21. The smallest absolute Gasteiger partial charge is 0.153 e. The van der Waals surface area contributed by atoms with E-state index in [1.807, 2.05) is 18.8 Å². The molecule has 1 aromatic heterocycles. The lowest BCUT2D eigenvalue weighted by Gasteiger charge is -2.18. The van der Waals surface area contributed by atoms with Crippen molar-refractivity contribution < 1.29 is 0 Å². The van der Waals surface area contributed by atoms with Gasteiger partial charge < -0.3 is 5.32 Å². The van der Waals surface area contributed by atoms with Gasteiger partial charge in [0.15, 0.2) is 4.60 Å². The van der Waals surface area contributed by atoms with Crippen molar-refractivity contribution in [1.82, 2.24) is 20.3 Å². The fourth-order valence-electron chi connectivity index (χ4n) is 2.88. The summed E-state index contributed by atoms with van der Waals surface area (Å²) in [6.07, 6.45) is 3.70. The highest BCUT2D eigenvalue weighted by Crippen LogP contribution is 2.30. The summed E-state index contributed by atoms with van der Waals surface area (Å²) in [4.78, 5) is 0. The van der Waals surface area contributed by atoms with Crippen molar-refractivity contribution >= 4 is 15.9 Å². The zero-order valence-electron chi connectivity index (χ0n) is 11.2. The SMILES string of the molecule is CNC(c1ccc2c(c1)CCC2)c1c(Br)nnn1C. The molecule has 2 aromatic rings. The predicted molar refractivity (Wildman–Crippen MR) is 78.1 cm³/mol. The van der Waals surface area contributed by atoms with Crippen molar-refractivity contribution in [3.8, 4) is 0 Å². The molecule has 1 unspecified atom stereocenters. The quantitative estimate of drug-likeness (QED) is 0.944. The molecule has 19 heavy (non-hydrogen) atoms. The van der Waals surface area contributed by atoms with Crippen LogP contribution in [0, 0.1) is 0 Å². The van der Waals surface area contributed by atoms with Crippen LogP contribution in [-0.2, 0) is 19.9 Å². The summed E-state index contributed by atoms with van der Waals surface area (Å²) in [5.41, 5.74) is 5.32. The molecule has 1 heterocycles. The second-order valence-electron chi connectivity index (χ2n) is 4.99. The minimum atomic E-state index is 0.111. The molecule has 4 nitrogen and oxygen atoms in total. The van der Waals surface area contributed by atoms with Crippen molar-refractivity contribution in [2.45, 2.75) is 25.3 Å². The molecule has 1 aromatic carbocycles. The number of aryl methyl sites for hydroxylation is 3. The summed E-state index contributed by atoms with van der Waals surface area (Å²) in [5.74, 6) is 0. The summed E-state index contributed by atoms with van der Waals surface area (Å²) in [7, 11) is 3.89. The van der Waals surface area contributed by atoms with Crippen LogP contribution in [0.25, 0.3) is 0 Å². The minimum absolute atomic E-state index is 0.111. The molecule has 0 aliphatic heterocycles. The van der Waals surface area contributed by atoms with Crippen LogP contribution in [0.4, 0.5) is 0 Å². The van der Waals surface area contributed by atoms with Crippen LogP contribution < -0.4 is 5.32 Å². The van der Waals surface area contributed by atoms with Crippen LogP contribution in [0.5, 0.6) is 0 Å². The van der Waals surface area contributed by atoms with Crippen molar-refractivity contribution in [2.24, 2.45) is 7.05 Å². The zero-order valence-corrected chi connectivity index (χ0v) is 12.7. The third-order valence-electron chi connectivity index (χ3n) is 3.84. The van der Waals surface area contributed by atoms with E-state index in [2.05, 4.69) is 49.8 Å². The fraction of sp³-hybridized carbons (Fsp3) is 0.429. The lowest BCUT2D eigenvalue weighted by molar-refractivity contribution is 0.596. The van der Waals surface area contributed by atoms with E-state index < -0.39 is 0 Å². The number of hydrogen-bond donors (Lipinski definition) is 1. The first-order valence-corrected chi connectivity index (χ1v) is 7.34. The highest BCUT2D eigenvalue weighted by atomic mass is 79.9. The maximum absolute atomic E-state index is 4.07. The maximum atomic E-state index is 4.07. The van der Waals surface area contributed by atoms with E-state index in [0.717, 1.165) is 10.3 Å². The first-order chi connectivity index (χ1) is 9.20. The van der Waals surface area contributed by atoms with E-state index >= 15 is 0 Å². The Bertz CT molecular complexity index is 586. The van der Waals surface area contributed by atoms with Crippen molar-refractivity contribution in [1.29, 1.82) is 0 Å². The molecule has 1 aliphatic carbocycles.